The molecule has 4 amide bonds. The monoisotopic (exact) mass is 780 g/mol. The molecule has 4 unspecified atom stereocenters. The van der Waals surface area contributed by atoms with Crippen molar-refractivity contribution in [2.75, 3.05) is 49.1 Å². The minimum atomic E-state index is -3.86. The first-order valence-electron chi connectivity index (χ1n) is 20.3. The number of hydrogen-bond donors (Lipinski definition) is 4. The number of carbonyl (C=O) groups excluding carboxylic acids is 2. The minimum absolute atomic E-state index is 0.103. The lowest BCUT2D eigenvalue weighted by molar-refractivity contribution is 0.126. The largest absolute Gasteiger partial charge is 0.332 e. The van der Waals surface area contributed by atoms with E-state index in [1.165, 1.54) is 22.3 Å². The van der Waals surface area contributed by atoms with Crippen LogP contribution in [-0.4, -0.2) is 88.5 Å². The fourth-order valence-electron chi connectivity index (χ4n) is 9.96. The van der Waals surface area contributed by atoms with E-state index in [1.807, 2.05) is 6.92 Å². The van der Waals surface area contributed by atoms with Crippen LogP contribution in [0.3, 0.4) is 0 Å². The maximum atomic E-state index is 13.5. The molecule has 2 aromatic rings. The van der Waals surface area contributed by atoms with Crippen LogP contribution in [0.1, 0.15) is 109 Å². The summed E-state index contributed by atoms with van der Waals surface area (Å²) in [6.07, 6.45) is 12.1. The maximum Gasteiger partial charge on any atom is 0.332 e. The number of hydrogen-bond acceptors (Lipinski definition) is 8. The summed E-state index contributed by atoms with van der Waals surface area (Å²) in [5, 5.41) is 5.41. The number of urea groups is 2. The molecule has 2 aliphatic heterocycles. The zero-order chi connectivity index (χ0) is 37.8. The first-order chi connectivity index (χ1) is 25.8. The van der Waals surface area contributed by atoms with Crippen molar-refractivity contribution in [1.82, 2.24) is 19.2 Å². The third-order valence-electron chi connectivity index (χ3n) is 13.3. The summed E-state index contributed by atoms with van der Waals surface area (Å²) >= 11 is 0. The summed E-state index contributed by atoms with van der Waals surface area (Å²) in [5.41, 5.74) is 10.9. The molecule has 4 aliphatic carbocycles. The van der Waals surface area contributed by atoms with E-state index in [1.54, 1.807) is 6.92 Å². The molecule has 4 atom stereocenters. The average molecular weight is 781 g/mol. The van der Waals surface area contributed by atoms with Gasteiger partial charge in [0, 0.05) is 17.4 Å². The summed E-state index contributed by atoms with van der Waals surface area (Å²) in [4.78, 5) is 31.4. The van der Waals surface area contributed by atoms with Gasteiger partial charge in [0.15, 0.2) is 0 Å². The number of anilines is 2. The first kappa shape index (κ1) is 37.7. The topological polar surface area (TPSA) is 157 Å². The predicted octanol–water partition coefficient (Wildman–Crippen LogP) is 4.98. The van der Waals surface area contributed by atoms with Gasteiger partial charge in [0.2, 0.25) is 20.0 Å². The average Bonchev–Trinajstić information content (AvgIpc) is 3.87. The normalized spacial score (nSPS) is 23.0. The molecule has 4 N–H and O–H groups in total. The summed E-state index contributed by atoms with van der Waals surface area (Å²) in [5.74, 6) is 0.256. The lowest BCUT2D eigenvalue weighted by atomic mass is 9.83. The number of rotatable bonds is 13. The molecule has 0 bridgehead atoms. The van der Waals surface area contributed by atoms with Crippen LogP contribution < -0.4 is 20.1 Å². The van der Waals surface area contributed by atoms with Gasteiger partial charge in [-0.3, -0.25) is 0 Å². The van der Waals surface area contributed by atoms with Gasteiger partial charge in [-0.25, -0.2) is 35.9 Å². The second kappa shape index (κ2) is 15.0. The zero-order valence-corrected chi connectivity index (χ0v) is 33.4. The van der Waals surface area contributed by atoms with Crippen molar-refractivity contribution in [2.45, 2.75) is 121 Å². The van der Waals surface area contributed by atoms with Crippen LogP contribution >= 0.6 is 0 Å². The molecule has 2 aromatic carbocycles. The Balaban J connectivity index is 0.994. The van der Waals surface area contributed by atoms with Crippen molar-refractivity contribution in [3.05, 3.63) is 56.6 Å². The number of sulfonamides is 2. The smallest absolute Gasteiger partial charge is 0.307 e. The summed E-state index contributed by atoms with van der Waals surface area (Å²) < 4.78 is 57.1. The molecule has 2 heterocycles. The van der Waals surface area contributed by atoms with Crippen LogP contribution in [0.2, 0.25) is 0 Å². The number of aryl methyl sites for hydroxylation is 3. The Kier molecular flexibility index (Phi) is 10.5. The van der Waals surface area contributed by atoms with Gasteiger partial charge < -0.3 is 20.4 Å². The summed E-state index contributed by atoms with van der Waals surface area (Å²) in [7, 11) is -7.67. The Labute approximate surface area is 320 Å². The van der Waals surface area contributed by atoms with Crippen molar-refractivity contribution in [3.8, 4) is 0 Å². The third-order valence-corrected chi connectivity index (χ3v) is 16.4. The first-order valence-corrected chi connectivity index (χ1v) is 23.5. The Morgan fingerprint density at radius 3 is 2.04 bits per heavy atom. The number of benzene rings is 2. The van der Waals surface area contributed by atoms with Gasteiger partial charge in [-0.15, -0.1) is 0 Å². The zero-order valence-electron chi connectivity index (χ0n) is 31.8. The molecule has 14 heteroatoms. The predicted molar refractivity (Wildman–Crippen MR) is 211 cm³/mol. The van der Waals surface area contributed by atoms with E-state index in [2.05, 4.69) is 42.0 Å². The van der Waals surface area contributed by atoms with Crippen molar-refractivity contribution < 1.29 is 26.4 Å². The highest BCUT2D eigenvalue weighted by Gasteiger charge is 2.40. The fraction of sp³-hybridized carbons (Fsp3) is 0.650. The number of likely N-dealkylation sites (tertiary alicyclic amines) is 2. The molecule has 0 aromatic heterocycles. The van der Waals surface area contributed by atoms with Gasteiger partial charge in [-0.1, -0.05) is 12.1 Å². The van der Waals surface area contributed by atoms with Crippen LogP contribution in [-0.2, 0) is 65.0 Å². The SMILES string of the molecule is CC(CCS(=O)(=O)NC(=O)Nc1c2c(cc3c1CC(C1CCc4cc5c(c(NC(=O)NS(=O)(=O)C(C)CCN6CCC6)c41)CCC5)C3)CCC2)N1CCC1. The molecule has 8 rings (SSSR count). The summed E-state index contributed by atoms with van der Waals surface area (Å²) in [6.45, 7) is 8.38. The lowest BCUT2D eigenvalue weighted by Crippen LogP contribution is -2.45. The number of amides is 4. The molecule has 294 valence electrons. The lowest BCUT2D eigenvalue weighted by Gasteiger charge is -2.36. The van der Waals surface area contributed by atoms with E-state index in [-0.39, 0.29) is 23.6 Å². The second-order valence-electron chi connectivity index (χ2n) is 16.8. The van der Waals surface area contributed by atoms with Crippen LogP contribution in [0, 0.1) is 5.92 Å². The maximum absolute atomic E-state index is 13.5. The highest BCUT2D eigenvalue weighted by Crippen LogP contribution is 2.51. The molecular formula is C40H56N6O6S2. The standard InChI is InChI=1S/C40H56N6O6S2/c1-25(46-17-6-18-46)14-20-53(49,50)43-39(47)41-37-33-9-3-8-28(33)22-30-23-31(24-35(30)37)32-12-11-29-21-27-7-4-10-34(27)38(36(29)32)42-40(48)44-54(51,52)26(2)13-19-45-15-5-16-45/h21-22,25-26,31-32H,3-20,23-24H2,1-2H3,(H2,41,43,47)(H2,42,44,48). The van der Waals surface area contributed by atoms with Crippen molar-refractivity contribution in [3.63, 3.8) is 0 Å². The Morgan fingerprint density at radius 1 is 0.722 bits per heavy atom. The van der Waals surface area contributed by atoms with Gasteiger partial charge in [0.05, 0.1) is 11.0 Å². The van der Waals surface area contributed by atoms with E-state index in [4.69, 9.17) is 0 Å². The molecule has 0 saturated carbocycles. The van der Waals surface area contributed by atoms with Crippen molar-refractivity contribution in [2.24, 2.45) is 5.92 Å². The van der Waals surface area contributed by atoms with Gasteiger partial charge in [-0.2, -0.15) is 0 Å². The van der Waals surface area contributed by atoms with E-state index in [0.717, 1.165) is 137 Å². The molecule has 0 radical (unpaired) electrons. The summed E-state index contributed by atoms with van der Waals surface area (Å²) in [6, 6.07) is 3.36. The number of carbonyl (C=O) groups is 2. The third kappa shape index (κ3) is 7.64. The number of nitrogens with one attached hydrogen (secondary N) is 4. The van der Waals surface area contributed by atoms with Crippen LogP contribution in [0.15, 0.2) is 12.1 Å². The molecule has 6 aliphatic rings. The van der Waals surface area contributed by atoms with E-state index >= 15 is 0 Å². The highest BCUT2D eigenvalue weighted by molar-refractivity contribution is 7.90. The highest BCUT2D eigenvalue weighted by atomic mass is 32.2. The van der Waals surface area contributed by atoms with E-state index < -0.39 is 37.4 Å². The fourth-order valence-corrected chi connectivity index (χ4v) is 12.0. The Hall–Kier alpha value is -3.20. The molecule has 2 saturated heterocycles. The molecule has 0 spiro atoms. The quantitative estimate of drug-likeness (QED) is 0.222. The second-order valence-corrected chi connectivity index (χ2v) is 20.7. The Morgan fingerprint density at radius 2 is 1.37 bits per heavy atom. The van der Waals surface area contributed by atoms with Gasteiger partial charge in [0.25, 0.3) is 0 Å². The number of fused-ring (bicyclic) bond motifs is 4. The van der Waals surface area contributed by atoms with Crippen molar-refractivity contribution >= 4 is 43.5 Å². The Bertz CT molecular complexity index is 2040. The molecule has 54 heavy (non-hydrogen) atoms. The van der Waals surface area contributed by atoms with Gasteiger partial charge >= 0.3 is 12.1 Å². The van der Waals surface area contributed by atoms with Crippen LogP contribution in [0.25, 0.3) is 0 Å². The van der Waals surface area contributed by atoms with E-state index in [9.17, 15) is 26.4 Å². The van der Waals surface area contributed by atoms with Crippen LogP contribution in [0.4, 0.5) is 21.0 Å². The molecular weight excluding hydrogens is 725 g/mol. The van der Waals surface area contributed by atoms with Crippen molar-refractivity contribution in [1.29, 1.82) is 0 Å². The molecule has 12 nitrogen and oxygen atoms in total. The number of nitrogens with zero attached hydrogens (tertiary/aromatic N) is 2. The van der Waals surface area contributed by atoms with Gasteiger partial charge in [-0.05, 0) is 193 Å². The molecule has 2 fully saturated rings. The minimum Gasteiger partial charge on any atom is -0.307 e. The van der Waals surface area contributed by atoms with E-state index in [0.29, 0.717) is 19.4 Å². The van der Waals surface area contributed by atoms with Gasteiger partial charge in [0.1, 0.15) is 0 Å². The van der Waals surface area contributed by atoms with Crippen LogP contribution in [0.5, 0.6) is 0 Å².